The Balaban J connectivity index is 2.34. The number of hydrogen-bond donors (Lipinski definition) is 0. The predicted octanol–water partition coefficient (Wildman–Crippen LogP) is 4.25. The van der Waals surface area contributed by atoms with E-state index in [1.165, 1.54) is 0 Å². The molecule has 0 aliphatic rings. The summed E-state index contributed by atoms with van der Waals surface area (Å²) in [5.41, 5.74) is 5.00. The molecule has 0 aliphatic heterocycles. The molecule has 0 radical (unpaired) electrons. The van der Waals surface area contributed by atoms with Crippen molar-refractivity contribution in [2.45, 2.75) is 20.3 Å². The van der Waals surface area contributed by atoms with Crippen LogP contribution in [0, 0.1) is 18.3 Å². The second kappa shape index (κ2) is 6.55. The SMILES string of the molecule is CCc1cc(C)cc(=O)n1-c1ccccc1-c1ccccc1C#N. The number of nitriles is 1. The lowest BCUT2D eigenvalue weighted by atomic mass is 9.98. The van der Waals surface area contributed by atoms with Crippen LogP contribution in [0.3, 0.4) is 0 Å². The van der Waals surface area contributed by atoms with Gasteiger partial charge in [0.15, 0.2) is 0 Å². The lowest BCUT2D eigenvalue weighted by Gasteiger charge is -2.17. The first-order chi connectivity index (χ1) is 11.7. The molecule has 0 saturated carbocycles. The monoisotopic (exact) mass is 314 g/mol. The third kappa shape index (κ3) is 2.75. The molecule has 24 heavy (non-hydrogen) atoms. The summed E-state index contributed by atoms with van der Waals surface area (Å²) >= 11 is 0. The predicted molar refractivity (Wildman–Crippen MR) is 96.3 cm³/mol. The van der Waals surface area contributed by atoms with Gasteiger partial charge >= 0.3 is 0 Å². The van der Waals surface area contributed by atoms with Crippen molar-refractivity contribution in [2.75, 3.05) is 0 Å². The third-order valence-electron chi connectivity index (χ3n) is 4.10. The number of rotatable bonds is 3. The number of hydrogen-bond acceptors (Lipinski definition) is 2. The summed E-state index contributed by atoms with van der Waals surface area (Å²) in [4.78, 5) is 12.7. The molecular weight excluding hydrogens is 296 g/mol. The topological polar surface area (TPSA) is 45.8 Å². The zero-order valence-corrected chi connectivity index (χ0v) is 13.8. The zero-order valence-electron chi connectivity index (χ0n) is 13.8. The highest BCUT2D eigenvalue weighted by atomic mass is 16.1. The van der Waals surface area contributed by atoms with E-state index in [0.717, 1.165) is 34.5 Å². The first-order valence-electron chi connectivity index (χ1n) is 7.97. The van der Waals surface area contributed by atoms with Gasteiger partial charge in [-0.05, 0) is 37.1 Å². The summed E-state index contributed by atoms with van der Waals surface area (Å²) in [6.07, 6.45) is 0.755. The van der Waals surface area contributed by atoms with Crippen molar-refractivity contribution in [1.82, 2.24) is 4.57 Å². The molecule has 0 N–H and O–H groups in total. The number of aryl methyl sites for hydroxylation is 2. The maximum absolute atomic E-state index is 12.7. The van der Waals surface area contributed by atoms with Gasteiger partial charge in [-0.25, -0.2) is 0 Å². The van der Waals surface area contributed by atoms with Crippen molar-refractivity contribution < 1.29 is 0 Å². The molecule has 3 aromatic rings. The van der Waals surface area contributed by atoms with E-state index in [9.17, 15) is 10.1 Å². The van der Waals surface area contributed by atoms with Crippen molar-refractivity contribution >= 4 is 0 Å². The van der Waals surface area contributed by atoms with Crippen LogP contribution < -0.4 is 5.56 Å². The van der Waals surface area contributed by atoms with Gasteiger partial charge in [0.25, 0.3) is 5.56 Å². The molecule has 0 spiro atoms. The largest absolute Gasteiger partial charge is 0.281 e. The molecule has 1 heterocycles. The summed E-state index contributed by atoms with van der Waals surface area (Å²) in [7, 11) is 0. The molecule has 3 nitrogen and oxygen atoms in total. The van der Waals surface area contributed by atoms with Crippen LogP contribution in [0.5, 0.6) is 0 Å². The fraction of sp³-hybridized carbons (Fsp3) is 0.143. The highest BCUT2D eigenvalue weighted by molar-refractivity contribution is 5.77. The van der Waals surface area contributed by atoms with Crippen molar-refractivity contribution in [3.63, 3.8) is 0 Å². The van der Waals surface area contributed by atoms with Gasteiger partial charge in [0.2, 0.25) is 0 Å². The molecule has 0 amide bonds. The Labute approximate surface area is 141 Å². The Morgan fingerprint density at radius 3 is 2.38 bits per heavy atom. The van der Waals surface area contributed by atoms with Crippen LogP contribution in [0.25, 0.3) is 16.8 Å². The number of pyridine rings is 1. The van der Waals surface area contributed by atoms with E-state index in [4.69, 9.17) is 0 Å². The minimum atomic E-state index is -0.0475. The van der Waals surface area contributed by atoms with Gasteiger partial charge in [-0.2, -0.15) is 5.26 Å². The summed E-state index contributed by atoms with van der Waals surface area (Å²) in [5.74, 6) is 0. The van der Waals surface area contributed by atoms with Crippen LogP contribution in [-0.4, -0.2) is 4.57 Å². The first-order valence-corrected chi connectivity index (χ1v) is 7.97. The molecular formula is C21H18N2O. The molecule has 0 bridgehead atoms. The molecule has 0 saturated heterocycles. The lowest BCUT2D eigenvalue weighted by Crippen LogP contribution is -2.22. The van der Waals surface area contributed by atoms with Gasteiger partial charge in [-0.1, -0.05) is 43.3 Å². The van der Waals surface area contributed by atoms with E-state index in [0.29, 0.717) is 5.56 Å². The van der Waals surface area contributed by atoms with Crippen molar-refractivity contribution in [2.24, 2.45) is 0 Å². The normalized spacial score (nSPS) is 10.4. The summed E-state index contributed by atoms with van der Waals surface area (Å²) in [6, 6.07) is 21.1. The lowest BCUT2D eigenvalue weighted by molar-refractivity contribution is 0.872. The number of benzene rings is 2. The fourth-order valence-corrected chi connectivity index (χ4v) is 3.02. The molecule has 3 rings (SSSR count). The summed E-state index contributed by atoms with van der Waals surface area (Å²) in [6.45, 7) is 3.97. The molecule has 2 aromatic carbocycles. The number of aromatic nitrogens is 1. The van der Waals surface area contributed by atoms with Crippen LogP contribution in [0.4, 0.5) is 0 Å². The Kier molecular flexibility index (Phi) is 4.31. The van der Waals surface area contributed by atoms with Crippen LogP contribution in [0.15, 0.2) is 65.5 Å². The van der Waals surface area contributed by atoms with Gasteiger partial charge in [0, 0.05) is 22.9 Å². The Hall–Kier alpha value is -3.12. The van der Waals surface area contributed by atoms with Crippen molar-refractivity contribution in [3.8, 4) is 22.9 Å². The van der Waals surface area contributed by atoms with Gasteiger partial charge in [-0.15, -0.1) is 0 Å². The van der Waals surface area contributed by atoms with E-state index < -0.39 is 0 Å². The van der Waals surface area contributed by atoms with E-state index >= 15 is 0 Å². The van der Waals surface area contributed by atoms with Gasteiger partial charge in [0.1, 0.15) is 0 Å². The minimum Gasteiger partial charge on any atom is -0.281 e. The molecule has 0 fully saturated rings. The first kappa shape index (κ1) is 15.8. The van der Waals surface area contributed by atoms with E-state index in [2.05, 4.69) is 6.07 Å². The van der Waals surface area contributed by atoms with Gasteiger partial charge in [-0.3, -0.25) is 9.36 Å². The Morgan fingerprint density at radius 1 is 1.00 bits per heavy atom. The maximum atomic E-state index is 12.7. The maximum Gasteiger partial charge on any atom is 0.255 e. The van der Waals surface area contributed by atoms with Crippen molar-refractivity contribution in [3.05, 3.63) is 87.8 Å². The van der Waals surface area contributed by atoms with Gasteiger partial charge in [0.05, 0.1) is 17.3 Å². The quantitative estimate of drug-likeness (QED) is 0.725. The highest BCUT2D eigenvalue weighted by Crippen LogP contribution is 2.29. The fourth-order valence-electron chi connectivity index (χ4n) is 3.02. The molecule has 3 heteroatoms. The van der Waals surface area contributed by atoms with E-state index in [-0.39, 0.29) is 5.56 Å². The van der Waals surface area contributed by atoms with Crippen LogP contribution in [-0.2, 0) is 6.42 Å². The zero-order chi connectivity index (χ0) is 17.1. The molecule has 118 valence electrons. The Bertz CT molecular complexity index is 993. The molecule has 0 unspecified atom stereocenters. The van der Waals surface area contributed by atoms with E-state index in [1.54, 1.807) is 16.7 Å². The third-order valence-corrected chi connectivity index (χ3v) is 4.10. The average Bonchev–Trinajstić information content (AvgIpc) is 2.61. The average molecular weight is 314 g/mol. The van der Waals surface area contributed by atoms with Gasteiger partial charge < -0.3 is 0 Å². The van der Waals surface area contributed by atoms with E-state index in [1.807, 2.05) is 62.4 Å². The Morgan fingerprint density at radius 2 is 1.67 bits per heavy atom. The van der Waals surface area contributed by atoms with Crippen LogP contribution >= 0.6 is 0 Å². The minimum absolute atomic E-state index is 0.0475. The highest BCUT2D eigenvalue weighted by Gasteiger charge is 2.13. The standard InChI is InChI=1S/C21H18N2O/c1-3-17-12-15(2)13-21(24)23(17)20-11-7-6-10-19(20)18-9-5-4-8-16(18)14-22/h4-13H,3H2,1-2H3. The second-order valence-corrected chi connectivity index (χ2v) is 5.73. The van der Waals surface area contributed by atoms with Crippen LogP contribution in [0.1, 0.15) is 23.7 Å². The number of nitrogens with zero attached hydrogens (tertiary/aromatic N) is 2. The van der Waals surface area contributed by atoms with Crippen molar-refractivity contribution in [1.29, 1.82) is 5.26 Å². The summed E-state index contributed by atoms with van der Waals surface area (Å²) in [5, 5.41) is 9.41. The summed E-state index contributed by atoms with van der Waals surface area (Å²) < 4.78 is 1.75. The smallest absolute Gasteiger partial charge is 0.255 e. The molecule has 1 aromatic heterocycles. The molecule has 0 atom stereocenters. The molecule has 0 aliphatic carbocycles. The second-order valence-electron chi connectivity index (χ2n) is 5.73. The van der Waals surface area contributed by atoms with Crippen LogP contribution in [0.2, 0.25) is 0 Å². The number of para-hydroxylation sites is 1.